The largest absolute Gasteiger partial charge is 0.370 e. The van der Waals surface area contributed by atoms with Crippen LogP contribution in [0.15, 0.2) is 23.1 Å². The third-order valence-corrected chi connectivity index (χ3v) is 10.2. The molecule has 196 valence electrons. The zero-order valence-corrected chi connectivity index (χ0v) is 22.7. The van der Waals surface area contributed by atoms with Crippen LogP contribution in [-0.2, 0) is 19.6 Å². The number of nitrogens with zero attached hydrogens (tertiary/aromatic N) is 4. The van der Waals surface area contributed by atoms with Crippen LogP contribution >= 0.6 is 23.2 Å². The smallest absolute Gasteiger partial charge is 0.248 e. The molecule has 0 saturated carbocycles. The summed E-state index contributed by atoms with van der Waals surface area (Å²) < 4.78 is 33.8. The van der Waals surface area contributed by atoms with Crippen molar-refractivity contribution in [3.8, 4) is 0 Å². The maximum Gasteiger partial charge on any atom is 0.248 e. The van der Waals surface area contributed by atoms with E-state index >= 15 is 0 Å². The Morgan fingerprint density at radius 2 is 1.69 bits per heavy atom. The molecule has 3 aliphatic rings. The highest BCUT2D eigenvalue weighted by molar-refractivity contribution is 7.89. The van der Waals surface area contributed by atoms with Crippen molar-refractivity contribution in [1.29, 1.82) is 0 Å². The van der Waals surface area contributed by atoms with E-state index in [4.69, 9.17) is 27.9 Å². The Morgan fingerprint density at radius 1 is 0.971 bits per heavy atom. The SMILES string of the molecule is CN1CCN(C2CCN(C(=O)COCC3CCCCN3S(=O)(=O)c3ccc(Cl)c(Cl)c3)CC2)CC1. The van der Waals surface area contributed by atoms with Gasteiger partial charge in [0, 0.05) is 57.9 Å². The second kappa shape index (κ2) is 12.1. The summed E-state index contributed by atoms with van der Waals surface area (Å²) >= 11 is 12.0. The van der Waals surface area contributed by atoms with Gasteiger partial charge in [-0.05, 0) is 50.9 Å². The van der Waals surface area contributed by atoms with Gasteiger partial charge in [0.25, 0.3) is 0 Å². The Labute approximate surface area is 219 Å². The van der Waals surface area contributed by atoms with Crippen LogP contribution in [0.4, 0.5) is 0 Å². The zero-order valence-electron chi connectivity index (χ0n) is 20.4. The molecule has 0 aliphatic carbocycles. The highest BCUT2D eigenvalue weighted by atomic mass is 35.5. The number of hydrogen-bond donors (Lipinski definition) is 0. The number of sulfonamides is 1. The van der Waals surface area contributed by atoms with E-state index in [1.165, 1.54) is 22.5 Å². The van der Waals surface area contributed by atoms with Gasteiger partial charge in [-0.25, -0.2) is 8.42 Å². The first-order valence-corrected chi connectivity index (χ1v) is 14.7. The molecule has 0 radical (unpaired) electrons. The van der Waals surface area contributed by atoms with Gasteiger partial charge in [0.15, 0.2) is 0 Å². The van der Waals surface area contributed by atoms with E-state index in [1.54, 1.807) is 0 Å². The van der Waals surface area contributed by atoms with Crippen LogP contribution in [0.2, 0.25) is 10.0 Å². The molecule has 1 aromatic carbocycles. The number of amides is 1. The fourth-order valence-electron chi connectivity index (χ4n) is 5.27. The molecule has 3 saturated heterocycles. The molecule has 0 bridgehead atoms. The first-order chi connectivity index (χ1) is 16.8. The highest BCUT2D eigenvalue weighted by Crippen LogP contribution is 2.30. The van der Waals surface area contributed by atoms with Crippen LogP contribution in [0.5, 0.6) is 0 Å². The molecule has 3 fully saturated rings. The fraction of sp³-hybridized carbons (Fsp3) is 0.708. The van der Waals surface area contributed by atoms with Gasteiger partial charge in [-0.15, -0.1) is 0 Å². The monoisotopic (exact) mass is 546 g/mol. The molecular formula is C24H36Cl2N4O4S. The quantitative estimate of drug-likeness (QED) is 0.523. The van der Waals surface area contributed by atoms with Crippen LogP contribution < -0.4 is 0 Å². The lowest BCUT2D eigenvalue weighted by Gasteiger charge is -2.42. The Bertz CT molecular complexity index is 980. The Hall–Kier alpha value is -0.940. The molecule has 4 rings (SSSR count). The number of rotatable bonds is 7. The van der Waals surface area contributed by atoms with Crippen molar-refractivity contribution in [2.45, 2.75) is 49.1 Å². The minimum Gasteiger partial charge on any atom is -0.370 e. The summed E-state index contributed by atoms with van der Waals surface area (Å²) in [6.07, 6.45) is 4.40. The lowest BCUT2D eigenvalue weighted by molar-refractivity contribution is -0.138. The van der Waals surface area contributed by atoms with E-state index in [2.05, 4.69) is 16.8 Å². The molecule has 0 N–H and O–H groups in total. The van der Waals surface area contributed by atoms with E-state index in [-0.39, 0.29) is 35.1 Å². The summed E-state index contributed by atoms with van der Waals surface area (Å²) in [5.41, 5.74) is 0. The molecule has 1 amide bonds. The molecule has 0 spiro atoms. The number of piperazine rings is 1. The number of piperidine rings is 2. The third-order valence-electron chi connectivity index (χ3n) is 7.48. The number of hydrogen-bond acceptors (Lipinski definition) is 6. The summed E-state index contributed by atoms with van der Waals surface area (Å²) in [5, 5.41) is 0.523. The van der Waals surface area contributed by atoms with E-state index in [0.717, 1.165) is 65.0 Å². The van der Waals surface area contributed by atoms with Crippen molar-refractivity contribution in [2.24, 2.45) is 0 Å². The number of ether oxygens (including phenoxy) is 1. The normalized spacial score (nSPS) is 24.1. The van der Waals surface area contributed by atoms with Gasteiger partial charge < -0.3 is 14.5 Å². The van der Waals surface area contributed by atoms with Gasteiger partial charge >= 0.3 is 0 Å². The summed E-state index contributed by atoms with van der Waals surface area (Å²) in [4.78, 5) is 19.7. The molecule has 3 aliphatic heterocycles. The molecule has 11 heteroatoms. The molecular weight excluding hydrogens is 511 g/mol. The summed E-state index contributed by atoms with van der Waals surface area (Å²) in [6, 6.07) is 4.61. The zero-order chi connectivity index (χ0) is 25.0. The number of carbonyl (C=O) groups is 1. The molecule has 0 aromatic heterocycles. The van der Waals surface area contributed by atoms with Gasteiger partial charge in [0.05, 0.1) is 21.5 Å². The second-order valence-corrected chi connectivity index (χ2v) is 12.5. The second-order valence-electron chi connectivity index (χ2n) is 9.81. The van der Waals surface area contributed by atoms with Crippen molar-refractivity contribution in [2.75, 3.05) is 66.1 Å². The standard InChI is InChI=1S/C24H36Cl2N4O4S/c1-27-12-14-28(15-13-27)19-7-10-29(11-8-19)24(31)18-34-17-20-4-2-3-9-30(20)35(32,33)21-5-6-22(25)23(26)16-21/h5-6,16,19-20H,2-4,7-15,17-18H2,1H3. The topological polar surface area (TPSA) is 73.4 Å². The van der Waals surface area contributed by atoms with Crippen molar-refractivity contribution in [3.63, 3.8) is 0 Å². The average molecular weight is 548 g/mol. The van der Waals surface area contributed by atoms with Gasteiger partial charge in [0.2, 0.25) is 15.9 Å². The summed E-state index contributed by atoms with van der Waals surface area (Å²) in [6.45, 7) is 6.51. The van der Waals surface area contributed by atoms with Crippen molar-refractivity contribution in [1.82, 2.24) is 19.0 Å². The van der Waals surface area contributed by atoms with Crippen LogP contribution in [0.1, 0.15) is 32.1 Å². The molecule has 1 atom stereocenters. The molecule has 8 nitrogen and oxygen atoms in total. The Morgan fingerprint density at radius 3 is 2.37 bits per heavy atom. The first-order valence-electron chi connectivity index (χ1n) is 12.5. The van der Waals surface area contributed by atoms with Gasteiger partial charge in [-0.3, -0.25) is 9.69 Å². The fourth-order valence-corrected chi connectivity index (χ4v) is 7.34. The lowest BCUT2D eigenvalue weighted by Crippen LogP contribution is -2.53. The first kappa shape index (κ1) is 27.1. The number of halogens is 2. The van der Waals surface area contributed by atoms with Gasteiger partial charge in [0.1, 0.15) is 6.61 Å². The summed E-state index contributed by atoms with van der Waals surface area (Å²) in [5.74, 6) is -0.0171. The van der Waals surface area contributed by atoms with E-state index < -0.39 is 10.0 Å². The molecule has 3 heterocycles. The predicted molar refractivity (Wildman–Crippen MR) is 137 cm³/mol. The highest BCUT2D eigenvalue weighted by Gasteiger charge is 2.34. The summed E-state index contributed by atoms with van der Waals surface area (Å²) in [7, 11) is -1.57. The van der Waals surface area contributed by atoms with Crippen molar-refractivity contribution in [3.05, 3.63) is 28.2 Å². The molecule has 1 aromatic rings. The molecule has 1 unspecified atom stereocenters. The van der Waals surface area contributed by atoms with Crippen molar-refractivity contribution < 1.29 is 17.9 Å². The van der Waals surface area contributed by atoms with Crippen LogP contribution in [-0.4, -0.2) is 111 Å². The van der Waals surface area contributed by atoms with Crippen LogP contribution in [0.25, 0.3) is 0 Å². The van der Waals surface area contributed by atoms with Crippen LogP contribution in [0, 0.1) is 0 Å². The lowest BCUT2D eigenvalue weighted by atomic mass is 10.0. The Balaban J connectivity index is 1.26. The van der Waals surface area contributed by atoms with E-state index in [0.29, 0.717) is 24.0 Å². The minimum atomic E-state index is -3.73. The maximum atomic E-state index is 13.3. The number of carbonyl (C=O) groups excluding carboxylic acids is 1. The van der Waals surface area contributed by atoms with E-state index in [1.807, 2.05) is 4.90 Å². The third kappa shape index (κ3) is 6.69. The van der Waals surface area contributed by atoms with Gasteiger partial charge in [-0.2, -0.15) is 4.31 Å². The van der Waals surface area contributed by atoms with Crippen molar-refractivity contribution >= 4 is 39.1 Å². The van der Waals surface area contributed by atoms with Gasteiger partial charge in [-0.1, -0.05) is 29.6 Å². The number of benzene rings is 1. The number of likely N-dealkylation sites (N-methyl/N-ethyl adjacent to an activating group) is 1. The maximum absolute atomic E-state index is 13.3. The van der Waals surface area contributed by atoms with E-state index in [9.17, 15) is 13.2 Å². The number of likely N-dealkylation sites (tertiary alicyclic amines) is 1. The van der Waals surface area contributed by atoms with Crippen LogP contribution in [0.3, 0.4) is 0 Å². The predicted octanol–water partition coefficient (Wildman–Crippen LogP) is 2.79. The average Bonchev–Trinajstić information content (AvgIpc) is 2.86. The molecule has 35 heavy (non-hydrogen) atoms. The minimum absolute atomic E-state index is 0.0171. The Kier molecular flexibility index (Phi) is 9.35.